The summed E-state index contributed by atoms with van der Waals surface area (Å²) in [5.41, 5.74) is 6.23. The predicted octanol–water partition coefficient (Wildman–Crippen LogP) is 1.74. The summed E-state index contributed by atoms with van der Waals surface area (Å²) in [5.74, 6) is 0.708. The summed E-state index contributed by atoms with van der Waals surface area (Å²) in [7, 11) is 1.53. The fourth-order valence-electron chi connectivity index (χ4n) is 1.16. The molecule has 0 heterocycles. The average molecular weight is 229 g/mol. The predicted molar refractivity (Wildman–Crippen MR) is 59.1 cm³/mol. The first-order valence-corrected chi connectivity index (χ1v) is 4.18. The topological polar surface area (TPSA) is 79.3 Å². The molecule has 1 aromatic rings. The van der Waals surface area contributed by atoms with Gasteiger partial charge in [-0.25, -0.2) is 0 Å². The summed E-state index contributed by atoms with van der Waals surface area (Å²) < 4.78 is 4.99. The summed E-state index contributed by atoms with van der Waals surface area (Å²) >= 11 is 0. The minimum absolute atomic E-state index is 0. The maximum atomic E-state index is 9.48. The van der Waals surface area contributed by atoms with E-state index in [0.29, 0.717) is 11.3 Å². The lowest BCUT2D eigenvalue weighted by molar-refractivity contribution is 0.409. The number of rotatable bonds is 3. The highest BCUT2D eigenvalue weighted by Gasteiger charge is 2.11. The number of methoxy groups -OCH3 is 1. The Hall–Kier alpha value is -1.44. The summed E-state index contributed by atoms with van der Waals surface area (Å²) in [4.78, 5) is 0. The van der Waals surface area contributed by atoms with Crippen LogP contribution in [0.25, 0.3) is 0 Å². The standard InChI is InChI=1S/C10H12N2O2.ClH/c1-14-7-2-3-10(13)8(6-7)9(12)4-5-11;/h2-3,6,9,13H,4,12H2,1H3;1H/t9-;/m0./s1. The third kappa shape index (κ3) is 3.31. The van der Waals surface area contributed by atoms with Crippen LogP contribution in [0.15, 0.2) is 18.2 Å². The Bertz CT molecular complexity index is 363. The number of nitriles is 1. The van der Waals surface area contributed by atoms with Crippen molar-refractivity contribution in [2.24, 2.45) is 5.73 Å². The van der Waals surface area contributed by atoms with Gasteiger partial charge in [0, 0.05) is 11.6 Å². The average Bonchev–Trinajstić information content (AvgIpc) is 2.19. The molecule has 0 radical (unpaired) electrons. The van der Waals surface area contributed by atoms with Crippen molar-refractivity contribution in [3.05, 3.63) is 23.8 Å². The molecule has 1 atom stereocenters. The van der Waals surface area contributed by atoms with Crippen LogP contribution in [0, 0.1) is 11.3 Å². The minimum Gasteiger partial charge on any atom is -0.508 e. The molecule has 0 aliphatic heterocycles. The molecule has 0 aromatic heterocycles. The molecular formula is C10H13ClN2O2. The Morgan fingerprint density at radius 2 is 2.27 bits per heavy atom. The van der Waals surface area contributed by atoms with Crippen molar-refractivity contribution >= 4 is 12.4 Å². The molecule has 0 spiro atoms. The van der Waals surface area contributed by atoms with Crippen molar-refractivity contribution < 1.29 is 9.84 Å². The maximum Gasteiger partial charge on any atom is 0.120 e. The number of hydrogen-bond acceptors (Lipinski definition) is 4. The minimum atomic E-state index is -0.477. The lowest BCUT2D eigenvalue weighted by atomic mass is 10.0. The largest absolute Gasteiger partial charge is 0.508 e. The molecule has 0 aliphatic carbocycles. The van der Waals surface area contributed by atoms with E-state index in [1.807, 2.05) is 6.07 Å². The molecular weight excluding hydrogens is 216 g/mol. The Balaban J connectivity index is 0.00000196. The van der Waals surface area contributed by atoms with Crippen LogP contribution in [0.4, 0.5) is 0 Å². The van der Waals surface area contributed by atoms with Crippen LogP contribution in [0.3, 0.4) is 0 Å². The summed E-state index contributed by atoms with van der Waals surface area (Å²) in [5, 5.41) is 18.0. The molecule has 0 bridgehead atoms. The van der Waals surface area contributed by atoms with E-state index in [9.17, 15) is 5.11 Å². The van der Waals surface area contributed by atoms with Crippen molar-refractivity contribution in [1.82, 2.24) is 0 Å². The molecule has 0 fully saturated rings. The smallest absolute Gasteiger partial charge is 0.120 e. The fraction of sp³-hybridized carbons (Fsp3) is 0.300. The van der Waals surface area contributed by atoms with Crippen LogP contribution in [0.1, 0.15) is 18.0 Å². The Morgan fingerprint density at radius 1 is 1.60 bits per heavy atom. The number of halogens is 1. The van der Waals surface area contributed by atoms with E-state index >= 15 is 0 Å². The number of phenols is 1. The number of nitrogens with two attached hydrogens (primary N) is 1. The number of aromatic hydroxyl groups is 1. The van der Waals surface area contributed by atoms with Gasteiger partial charge in [-0.05, 0) is 18.2 Å². The third-order valence-corrected chi connectivity index (χ3v) is 1.95. The highest BCUT2D eigenvalue weighted by Crippen LogP contribution is 2.28. The van der Waals surface area contributed by atoms with Gasteiger partial charge >= 0.3 is 0 Å². The highest BCUT2D eigenvalue weighted by molar-refractivity contribution is 5.85. The first kappa shape index (κ1) is 13.6. The molecule has 82 valence electrons. The van der Waals surface area contributed by atoms with Crippen LogP contribution in [0.2, 0.25) is 0 Å². The number of hydrogen-bond donors (Lipinski definition) is 2. The zero-order valence-electron chi connectivity index (χ0n) is 8.30. The van der Waals surface area contributed by atoms with Gasteiger partial charge in [0.2, 0.25) is 0 Å². The van der Waals surface area contributed by atoms with Gasteiger partial charge in [0.05, 0.1) is 19.6 Å². The number of ether oxygens (including phenoxy) is 1. The van der Waals surface area contributed by atoms with E-state index in [-0.39, 0.29) is 24.6 Å². The first-order chi connectivity index (χ1) is 6.69. The maximum absolute atomic E-state index is 9.48. The Labute approximate surface area is 94.7 Å². The van der Waals surface area contributed by atoms with E-state index in [2.05, 4.69) is 0 Å². The van der Waals surface area contributed by atoms with Gasteiger partial charge in [-0.15, -0.1) is 12.4 Å². The van der Waals surface area contributed by atoms with Crippen LogP contribution < -0.4 is 10.5 Å². The monoisotopic (exact) mass is 228 g/mol. The van der Waals surface area contributed by atoms with Crippen molar-refractivity contribution in [2.45, 2.75) is 12.5 Å². The van der Waals surface area contributed by atoms with Gasteiger partial charge < -0.3 is 15.6 Å². The van der Waals surface area contributed by atoms with Crippen molar-refractivity contribution in [2.75, 3.05) is 7.11 Å². The van der Waals surface area contributed by atoms with Crippen LogP contribution >= 0.6 is 12.4 Å². The van der Waals surface area contributed by atoms with E-state index in [1.54, 1.807) is 12.1 Å². The molecule has 15 heavy (non-hydrogen) atoms. The lowest BCUT2D eigenvalue weighted by Gasteiger charge is -2.11. The molecule has 3 N–H and O–H groups in total. The van der Waals surface area contributed by atoms with Gasteiger partial charge in [0.1, 0.15) is 11.5 Å². The lowest BCUT2D eigenvalue weighted by Crippen LogP contribution is -2.09. The highest BCUT2D eigenvalue weighted by atomic mass is 35.5. The zero-order valence-corrected chi connectivity index (χ0v) is 9.12. The Morgan fingerprint density at radius 3 is 2.80 bits per heavy atom. The Kier molecular flexibility index (Phi) is 5.53. The van der Waals surface area contributed by atoms with E-state index in [0.717, 1.165) is 0 Å². The number of benzene rings is 1. The van der Waals surface area contributed by atoms with Crippen LogP contribution in [0.5, 0.6) is 11.5 Å². The van der Waals surface area contributed by atoms with Crippen LogP contribution in [-0.4, -0.2) is 12.2 Å². The van der Waals surface area contributed by atoms with Gasteiger partial charge in [-0.2, -0.15) is 5.26 Å². The molecule has 0 unspecified atom stereocenters. The summed E-state index contributed by atoms with van der Waals surface area (Å²) in [6.45, 7) is 0. The summed E-state index contributed by atoms with van der Waals surface area (Å²) in [6.07, 6.45) is 0.167. The fourth-order valence-corrected chi connectivity index (χ4v) is 1.16. The van der Waals surface area contributed by atoms with Gasteiger partial charge in [0.25, 0.3) is 0 Å². The SMILES string of the molecule is COc1ccc(O)c([C@@H](N)CC#N)c1.Cl. The molecule has 1 rings (SSSR count). The van der Waals surface area contributed by atoms with Gasteiger partial charge in [-0.1, -0.05) is 0 Å². The number of phenolic OH excluding ortho intramolecular Hbond substituents is 1. The normalized spacial score (nSPS) is 11.0. The van der Waals surface area contributed by atoms with Crippen molar-refractivity contribution in [3.8, 4) is 17.6 Å². The van der Waals surface area contributed by atoms with Crippen molar-refractivity contribution in [3.63, 3.8) is 0 Å². The second-order valence-electron chi connectivity index (χ2n) is 2.89. The summed E-state index contributed by atoms with van der Waals surface area (Å²) in [6, 6.07) is 6.26. The van der Waals surface area contributed by atoms with Crippen molar-refractivity contribution in [1.29, 1.82) is 5.26 Å². The molecule has 0 amide bonds. The van der Waals surface area contributed by atoms with E-state index < -0.39 is 6.04 Å². The molecule has 5 heteroatoms. The zero-order chi connectivity index (χ0) is 10.6. The van der Waals surface area contributed by atoms with E-state index in [4.69, 9.17) is 15.7 Å². The van der Waals surface area contributed by atoms with Gasteiger partial charge in [-0.3, -0.25) is 0 Å². The molecule has 4 nitrogen and oxygen atoms in total. The number of nitrogens with zero attached hydrogens (tertiary/aromatic N) is 1. The second-order valence-corrected chi connectivity index (χ2v) is 2.89. The second kappa shape index (κ2) is 6.12. The first-order valence-electron chi connectivity index (χ1n) is 4.18. The molecule has 0 saturated heterocycles. The van der Waals surface area contributed by atoms with Gasteiger partial charge in [0.15, 0.2) is 0 Å². The molecule has 0 aliphatic rings. The van der Waals surface area contributed by atoms with Crippen LogP contribution in [-0.2, 0) is 0 Å². The quantitative estimate of drug-likeness (QED) is 0.826. The third-order valence-electron chi connectivity index (χ3n) is 1.95. The molecule has 1 aromatic carbocycles. The molecule has 0 saturated carbocycles. The van der Waals surface area contributed by atoms with E-state index in [1.165, 1.54) is 13.2 Å².